The van der Waals surface area contributed by atoms with Gasteiger partial charge in [-0.15, -0.1) is 0 Å². The van der Waals surface area contributed by atoms with Crippen LogP contribution in [0, 0.1) is 0 Å². The molecule has 0 saturated heterocycles. The van der Waals surface area contributed by atoms with Crippen LogP contribution in [0.15, 0.2) is 65.2 Å². The number of pyridine rings is 1. The van der Waals surface area contributed by atoms with Gasteiger partial charge in [-0.3, -0.25) is 4.79 Å². The van der Waals surface area contributed by atoms with Gasteiger partial charge in [0, 0.05) is 23.3 Å². The van der Waals surface area contributed by atoms with E-state index in [9.17, 15) is 4.79 Å². The molecular formula is C21H16ClN3O3. The number of amides is 1. The number of carbonyl (C=O) groups is 1. The lowest BCUT2D eigenvalue weighted by Crippen LogP contribution is -2.22. The van der Waals surface area contributed by atoms with E-state index in [2.05, 4.69) is 15.3 Å². The summed E-state index contributed by atoms with van der Waals surface area (Å²) < 4.78 is 11.1. The van der Waals surface area contributed by atoms with E-state index in [1.807, 2.05) is 24.3 Å². The normalized spacial score (nSPS) is 10.8. The molecule has 1 N–H and O–H groups in total. The highest BCUT2D eigenvalue weighted by Gasteiger charge is 2.15. The first-order chi connectivity index (χ1) is 13.6. The minimum Gasteiger partial charge on any atom is -0.480 e. The Balaban J connectivity index is 1.57. The molecule has 1 amide bonds. The van der Waals surface area contributed by atoms with Gasteiger partial charge in [0.2, 0.25) is 11.8 Å². The molecule has 7 heteroatoms. The molecule has 0 atom stereocenters. The average Bonchev–Trinajstić information content (AvgIpc) is 3.15. The predicted octanol–water partition coefficient (Wildman–Crippen LogP) is 4.48. The summed E-state index contributed by atoms with van der Waals surface area (Å²) in [5.41, 5.74) is 3.22. The van der Waals surface area contributed by atoms with Gasteiger partial charge in [-0.25, -0.2) is 9.97 Å². The number of hydrogen-bond donors (Lipinski definition) is 1. The molecular weight excluding hydrogens is 378 g/mol. The van der Waals surface area contributed by atoms with Crippen LogP contribution in [-0.2, 0) is 6.54 Å². The molecule has 0 saturated carbocycles. The van der Waals surface area contributed by atoms with Crippen molar-refractivity contribution in [1.29, 1.82) is 0 Å². The van der Waals surface area contributed by atoms with E-state index in [4.69, 9.17) is 20.8 Å². The summed E-state index contributed by atoms with van der Waals surface area (Å²) in [7, 11) is 1.54. The molecule has 4 aromatic rings. The molecule has 2 aromatic heterocycles. The molecule has 28 heavy (non-hydrogen) atoms. The Bertz CT molecular complexity index is 1160. The summed E-state index contributed by atoms with van der Waals surface area (Å²) in [6.45, 7) is 0.383. The highest BCUT2D eigenvalue weighted by molar-refractivity contribution is 6.30. The SMILES string of the molecule is COc1ncccc1-c1nc2cc(C(=O)NCc3cccc(Cl)c3)ccc2o1. The van der Waals surface area contributed by atoms with Gasteiger partial charge >= 0.3 is 0 Å². The number of nitrogens with zero attached hydrogens (tertiary/aromatic N) is 2. The Morgan fingerprint density at radius 1 is 1.18 bits per heavy atom. The summed E-state index contributed by atoms with van der Waals surface area (Å²) in [5, 5.41) is 3.51. The van der Waals surface area contributed by atoms with E-state index >= 15 is 0 Å². The lowest BCUT2D eigenvalue weighted by molar-refractivity contribution is 0.0951. The van der Waals surface area contributed by atoms with E-state index in [0.717, 1.165) is 5.56 Å². The van der Waals surface area contributed by atoms with E-state index in [0.29, 0.717) is 45.6 Å². The molecule has 0 aliphatic rings. The van der Waals surface area contributed by atoms with Crippen molar-refractivity contribution in [2.45, 2.75) is 6.54 Å². The number of hydrogen-bond acceptors (Lipinski definition) is 5. The number of fused-ring (bicyclic) bond motifs is 1. The molecule has 4 rings (SSSR count). The molecule has 0 spiro atoms. The van der Waals surface area contributed by atoms with Crippen LogP contribution in [-0.4, -0.2) is 23.0 Å². The van der Waals surface area contributed by atoms with Gasteiger partial charge in [0.1, 0.15) is 5.52 Å². The second kappa shape index (κ2) is 7.70. The molecule has 2 aromatic carbocycles. The smallest absolute Gasteiger partial charge is 0.251 e. The zero-order chi connectivity index (χ0) is 19.5. The van der Waals surface area contributed by atoms with Crippen LogP contribution in [0.5, 0.6) is 5.88 Å². The molecule has 0 unspecified atom stereocenters. The highest BCUT2D eigenvalue weighted by atomic mass is 35.5. The van der Waals surface area contributed by atoms with Crippen LogP contribution in [0.2, 0.25) is 5.02 Å². The number of rotatable bonds is 5. The van der Waals surface area contributed by atoms with Crippen molar-refractivity contribution in [2.24, 2.45) is 0 Å². The number of ether oxygens (including phenoxy) is 1. The molecule has 140 valence electrons. The standard InChI is InChI=1S/C21H16ClN3O3/c1-27-20-16(6-3-9-23-20)21-25-17-11-14(7-8-18(17)28-21)19(26)24-12-13-4-2-5-15(22)10-13/h2-11H,12H2,1H3,(H,24,26). The van der Waals surface area contributed by atoms with Gasteiger partial charge in [-0.05, 0) is 48.0 Å². The lowest BCUT2D eigenvalue weighted by atomic mass is 10.2. The van der Waals surface area contributed by atoms with Crippen molar-refractivity contribution in [1.82, 2.24) is 15.3 Å². The Kier molecular flexibility index (Phi) is 4.95. The largest absolute Gasteiger partial charge is 0.480 e. The number of nitrogens with one attached hydrogen (secondary N) is 1. The fourth-order valence-corrected chi connectivity index (χ4v) is 3.04. The number of oxazole rings is 1. The Morgan fingerprint density at radius 2 is 2.07 bits per heavy atom. The molecule has 0 fully saturated rings. The van der Waals surface area contributed by atoms with Gasteiger partial charge in [0.15, 0.2) is 5.58 Å². The first-order valence-electron chi connectivity index (χ1n) is 8.56. The fourth-order valence-electron chi connectivity index (χ4n) is 2.83. The number of methoxy groups -OCH3 is 1. The maximum absolute atomic E-state index is 12.5. The number of halogens is 1. The van der Waals surface area contributed by atoms with Gasteiger partial charge in [0.25, 0.3) is 5.91 Å². The van der Waals surface area contributed by atoms with Crippen LogP contribution in [0.4, 0.5) is 0 Å². The van der Waals surface area contributed by atoms with Crippen molar-refractivity contribution in [2.75, 3.05) is 7.11 Å². The molecule has 0 aliphatic carbocycles. The van der Waals surface area contributed by atoms with Gasteiger partial charge in [-0.2, -0.15) is 0 Å². The minimum absolute atomic E-state index is 0.203. The maximum atomic E-state index is 12.5. The summed E-state index contributed by atoms with van der Waals surface area (Å²) in [4.78, 5) is 21.1. The van der Waals surface area contributed by atoms with Crippen LogP contribution in [0.1, 0.15) is 15.9 Å². The predicted molar refractivity (Wildman–Crippen MR) is 106 cm³/mol. The van der Waals surface area contributed by atoms with Gasteiger partial charge < -0.3 is 14.5 Å². The van der Waals surface area contributed by atoms with E-state index < -0.39 is 0 Å². The number of benzene rings is 2. The first-order valence-corrected chi connectivity index (χ1v) is 8.94. The summed E-state index contributed by atoms with van der Waals surface area (Å²) in [5.74, 6) is 0.607. The maximum Gasteiger partial charge on any atom is 0.251 e. The van der Waals surface area contributed by atoms with Crippen LogP contribution >= 0.6 is 11.6 Å². The number of aromatic nitrogens is 2. The summed E-state index contributed by atoms with van der Waals surface area (Å²) in [6, 6.07) is 16.1. The van der Waals surface area contributed by atoms with Crippen LogP contribution in [0.25, 0.3) is 22.6 Å². The summed E-state index contributed by atoms with van der Waals surface area (Å²) in [6.07, 6.45) is 1.63. The Morgan fingerprint density at radius 3 is 2.89 bits per heavy atom. The van der Waals surface area contributed by atoms with E-state index in [1.54, 1.807) is 36.5 Å². The average molecular weight is 394 g/mol. The first kappa shape index (κ1) is 18.0. The minimum atomic E-state index is -0.203. The van der Waals surface area contributed by atoms with Crippen LogP contribution in [0.3, 0.4) is 0 Å². The quantitative estimate of drug-likeness (QED) is 0.540. The van der Waals surface area contributed by atoms with Crippen molar-refractivity contribution in [3.8, 4) is 17.3 Å². The second-order valence-corrected chi connectivity index (χ2v) is 6.51. The van der Waals surface area contributed by atoms with Crippen molar-refractivity contribution in [3.63, 3.8) is 0 Å². The van der Waals surface area contributed by atoms with Crippen LogP contribution < -0.4 is 10.1 Å². The monoisotopic (exact) mass is 393 g/mol. The van der Waals surface area contributed by atoms with Gasteiger partial charge in [-0.1, -0.05) is 23.7 Å². The lowest BCUT2D eigenvalue weighted by Gasteiger charge is -2.05. The topological polar surface area (TPSA) is 77.2 Å². The van der Waals surface area contributed by atoms with Gasteiger partial charge in [0.05, 0.1) is 12.7 Å². The molecule has 6 nitrogen and oxygen atoms in total. The third-order valence-electron chi connectivity index (χ3n) is 4.19. The van der Waals surface area contributed by atoms with Crippen molar-refractivity contribution < 1.29 is 13.9 Å². The van der Waals surface area contributed by atoms with E-state index in [-0.39, 0.29) is 5.91 Å². The second-order valence-electron chi connectivity index (χ2n) is 6.07. The van der Waals surface area contributed by atoms with Crippen molar-refractivity contribution >= 4 is 28.6 Å². The van der Waals surface area contributed by atoms with E-state index in [1.165, 1.54) is 7.11 Å². The third kappa shape index (κ3) is 3.68. The summed E-state index contributed by atoms with van der Waals surface area (Å²) >= 11 is 5.97. The highest BCUT2D eigenvalue weighted by Crippen LogP contribution is 2.30. The molecule has 2 heterocycles. The van der Waals surface area contributed by atoms with Crippen molar-refractivity contribution in [3.05, 3.63) is 76.9 Å². The third-order valence-corrected chi connectivity index (χ3v) is 4.42. The molecule has 0 aliphatic heterocycles. The molecule has 0 bridgehead atoms. The zero-order valence-electron chi connectivity index (χ0n) is 15.0. The number of carbonyl (C=O) groups excluding carboxylic acids is 1. The Labute approximate surface area is 166 Å². The Hall–Kier alpha value is -3.38. The fraction of sp³-hybridized carbons (Fsp3) is 0.0952. The molecule has 0 radical (unpaired) electrons. The zero-order valence-corrected chi connectivity index (χ0v) is 15.7.